The molecule has 0 saturated carbocycles. The van der Waals surface area contributed by atoms with E-state index in [0.717, 1.165) is 12.0 Å². The van der Waals surface area contributed by atoms with Crippen LogP contribution in [0.25, 0.3) is 0 Å². The van der Waals surface area contributed by atoms with Gasteiger partial charge < -0.3 is 19.5 Å². The second kappa shape index (κ2) is 7.62. The third-order valence-corrected chi connectivity index (χ3v) is 3.11. The van der Waals surface area contributed by atoms with Gasteiger partial charge in [0.1, 0.15) is 0 Å². The van der Waals surface area contributed by atoms with Crippen LogP contribution in [-0.4, -0.2) is 33.3 Å². The van der Waals surface area contributed by atoms with E-state index in [1.54, 1.807) is 33.5 Å². The molecule has 0 heterocycles. The van der Waals surface area contributed by atoms with Gasteiger partial charge in [0.15, 0.2) is 11.5 Å². The summed E-state index contributed by atoms with van der Waals surface area (Å²) >= 11 is 0. The van der Waals surface area contributed by atoms with Crippen molar-refractivity contribution in [3.05, 3.63) is 17.7 Å². The Morgan fingerprint density at radius 1 is 1.15 bits per heavy atom. The number of carbonyl (C=O) groups is 1. The first-order chi connectivity index (χ1) is 9.55. The van der Waals surface area contributed by atoms with Crippen molar-refractivity contribution in [2.45, 2.75) is 32.7 Å². The van der Waals surface area contributed by atoms with E-state index in [9.17, 15) is 4.79 Å². The fourth-order valence-electron chi connectivity index (χ4n) is 1.85. The van der Waals surface area contributed by atoms with Gasteiger partial charge in [0.05, 0.1) is 27.8 Å². The van der Waals surface area contributed by atoms with E-state index < -0.39 is 0 Å². The van der Waals surface area contributed by atoms with Crippen LogP contribution in [0.15, 0.2) is 12.1 Å². The molecular formula is C15H23NO4. The smallest absolute Gasteiger partial charge is 0.224 e. The minimum absolute atomic E-state index is 0.0198. The second-order valence-corrected chi connectivity index (χ2v) is 4.59. The van der Waals surface area contributed by atoms with Crippen molar-refractivity contribution in [2.75, 3.05) is 21.3 Å². The minimum Gasteiger partial charge on any atom is -0.493 e. The van der Waals surface area contributed by atoms with E-state index in [2.05, 4.69) is 5.32 Å². The Hall–Kier alpha value is -1.91. The number of hydrogen-bond donors (Lipinski definition) is 1. The molecule has 5 nitrogen and oxygen atoms in total. The summed E-state index contributed by atoms with van der Waals surface area (Å²) in [6.45, 7) is 4.01. The Bertz CT molecular complexity index is 434. The van der Waals surface area contributed by atoms with Gasteiger partial charge in [0.2, 0.25) is 11.7 Å². The summed E-state index contributed by atoms with van der Waals surface area (Å²) in [4.78, 5) is 11.9. The van der Waals surface area contributed by atoms with Crippen molar-refractivity contribution >= 4 is 5.91 Å². The second-order valence-electron chi connectivity index (χ2n) is 4.59. The maximum Gasteiger partial charge on any atom is 0.224 e. The third-order valence-electron chi connectivity index (χ3n) is 3.11. The largest absolute Gasteiger partial charge is 0.493 e. The summed E-state index contributed by atoms with van der Waals surface area (Å²) in [7, 11) is 4.66. The molecule has 0 aromatic heterocycles. The minimum atomic E-state index is -0.0198. The number of rotatable bonds is 7. The van der Waals surface area contributed by atoms with Gasteiger partial charge in [-0.3, -0.25) is 4.79 Å². The van der Waals surface area contributed by atoms with Crippen molar-refractivity contribution in [3.8, 4) is 17.2 Å². The number of benzene rings is 1. The molecule has 0 aliphatic rings. The van der Waals surface area contributed by atoms with E-state index in [-0.39, 0.29) is 18.4 Å². The zero-order valence-corrected chi connectivity index (χ0v) is 12.8. The fraction of sp³-hybridized carbons (Fsp3) is 0.533. The number of hydrogen-bond acceptors (Lipinski definition) is 4. The Balaban J connectivity index is 2.93. The summed E-state index contributed by atoms with van der Waals surface area (Å²) in [5.74, 6) is 1.62. The Morgan fingerprint density at radius 3 is 2.10 bits per heavy atom. The molecule has 0 aliphatic heterocycles. The first-order valence-electron chi connectivity index (χ1n) is 6.63. The van der Waals surface area contributed by atoms with Gasteiger partial charge in [-0.25, -0.2) is 0 Å². The lowest BCUT2D eigenvalue weighted by molar-refractivity contribution is -0.121. The molecule has 1 atom stereocenters. The van der Waals surface area contributed by atoms with Gasteiger partial charge in [0, 0.05) is 6.04 Å². The monoisotopic (exact) mass is 281 g/mol. The highest BCUT2D eigenvalue weighted by Gasteiger charge is 2.15. The molecule has 1 aromatic carbocycles. The van der Waals surface area contributed by atoms with Crippen LogP contribution in [0.5, 0.6) is 17.2 Å². The van der Waals surface area contributed by atoms with Crippen LogP contribution in [0.3, 0.4) is 0 Å². The molecule has 0 aliphatic carbocycles. The highest BCUT2D eigenvalue weighted by atomic mass is 16.5. The first-order valence-corrected chi connectivity index (χ1v) is 6.63. The zero-order chi connectivity index (χ0) is 15.1. The Labute approximate surface area is 120 Å². The van der Waals surface area contributed by atoms with Crippen molar-refractivity contribution in [1.29, 1.82) is 0 Å². The maximum atomic E-state index is 11.9. The van der Waals surface area contributed by atoms with Gasteiger partial charge >= 0.3 is 0 Å². The van der Waals surface area contributed by atoms with E-state index in [1.165, 1.54) is 0 Å². The Morgan fingerprint density at radius 2 is 1.70 bits per heavy atom. The molecule has 1 amide bonds. The van der Waals surface area contributed by atoms with Crippen LogP contribution in [0.2, 0.25) is 0 Å². The van der Waals surface area contributed by atoms with Crippen LogP contribution >= 0.6 is 0 Å². The Kier molecular flexibility index (Phi) is 6.15. The molecule has 1 N–H and O–H groups in total. The average Bonchev–Trinajstić information content (AvgIpc) is 2.45. The number of ether oxygens (including phenoxy) is 3. The molecular weight excluding hydrogens is 258 g/mol. The molecule has 0 bridgehead atoms. The van der Waals surface area contributed by atoms with Crippen molar-refractivity contribution < 1.29 is 19.0 Å². The summed E-state index contributed by atoms with van der Waals surface area (Å²) in [5.41, 5.74) is 0.820. The molecule has 20 heavy (non-hydrogen) atoms. The van der Waals surface area contributed by atoms with Gasteiger partial charge in [-0.1, -0.05) is 6.92 Å². The molecule has 0 saturated heterocycles. The molecule has 0 spiro atoms. The number of nitrogens with one attached hydrogen (secondary N) is 1. The number of methoxy groups -OCH3 is 3. The molecule has 112 valence electrons. The summed E-state index contributed by atoms with van der Waals surface area (Å²) < 4.78 is 15.8. The van der Waals surface area contributed by atoms with Gasteiger partial charge in [-0.15, -0.1) is 0 Å². The highest BCUT2D eigenvalue weighted by molar-refractivity contribution is 5.79. The fourth-order valence-corrected chi connectivity index (χ4v) is 1.85. The molecule has 0 unspecified atom stereocenters. The molecule has 0 radical (unpaired) electrons. The molecule has 1 rings (SSSR count). The van der Waals surface area contributed by atoms with E-state index in [0.29, 0.717) is 17.2 Å². The number of amides is 1. The molecule has 0 fully saturated rings. The highest BCUT2D eigenvalue weighted by Crippen LogP contribution is 2.38. The standard InChI is InChI=1S/C15H23NO4/c1-6-10(2)16-14(17)9-11-7-12(18-3)15(20-5)13(8-11)19-4/h7-8,10H,6,9H2,1-5H3,(H,16,17)/t10-/m0/s1. The first kappa shape index (κ1) is 16.1. The van der Waals surface area contributed by atoms with Crippen LogP contribution in [-0.2, 0) is 11.2 Å². The third kappa shape index (κ3) is 4.05. The molecule has 5 heteroatoms. The number of carbonyl (C=O) groups excluding carboxylic acids is 1. The lowest BCUT2D eigenvalue weighted by Crippen LogP contribution is -2.33. The van der Waals surface area contributed by atoms with E-state index in [1.807, 2.05) is 13.8 Å². The lowest BCUT2D eigenvalue weighted by Gasteiger charge is -2.15. The van der Waals surface area contributed by atoms with Gasteiger partial charge in [0.25, 0.3) is 0 Å². The topological polar surface area (TPSA) is 56.8 Å². The zero-order valence-electron chi connectivity index (χ0n) is 12.8. The predicted octanol–water partition coefficient (Wildman–Crippen LogP) is 2.17. The van der Waals surface area contributed by atoms with E-state index in [4.69, 9.17) is 14.2 Å². The summed E-state index contributed by atoms with van der Waals surface area (Å²) in [5, 5.41) is 2.93. The van der Waals surface area contributed by atoms with Crippen LogP contribution in [0, 0.1) is 0 Å². The SMILES string of the molecule is CC[C@H](C)NC(=O)Cc1cc(OC)c(OC)c(OC)c1. The average molecular weight is 281 g/mol. The maximum absolute atomic E-state index is 11.9. The van der Waals surface area contributed by atoms with E-state index >= 15 is 0 Å². The summed E-state index contributed by atoms with van der Waals surface area (Å²) in [6.07, 6.45) is 1.18. The summed E-state index contributed by atoms with van der Waals surface area (Å²) in [6, 6.07) is 3.75. The normalized spacial score (nSPS) is 11.7. The van der Waals surface area contributed by atoms with Gasteiger partial charge in [-0.2, -0.15) is 0 Å². The van der Waals surface area contributed by atoms with Crippen molar-refractivity contribution in [2.24, 2.45) is 0 Å². The lowest BCUT2D eigenvalue weighted by atomic mass is 10.1. The van der Waals surface area contributed by atoms with Crippen LogP contribution < -0.4 is 19.5 Å². The quantitative estimate of drug-likeness (QED) is 0.832. The predicted molar refractivity (Wildman–Crippen MR) is 77.7 cm³/mol. The molecule has 1 aromatic rings. The van der Waals surface area contributed by atoms with Crippen LogP contribution in [0.1, 0.15) is 25.8 Å². The van der Waals surface area contributed by atoms with Crippen molar-refractivity contribution in [1.82, 2.24) is 5.32 Å². The van der Waals surface area contributed by atoms with Crippen LogP contribution in [0.4, 0.5) is 0 Å². The van der Waals surface area contributed by atoms with Gasteiger partial charge in [-0.05, 0) is 31.0 Å². The van der Waals surface area contributed by atoms with Crippen molar-refractivity contribution in [3.63, 3.8) is 0 Å².